The van der Waals surface area contributed by atoms with E-state index < -0.39 is 53.8 Å². The molecule has 5 atom stereocenters. The van der Waals surface area contributed by atoms with Crippen molar-refractivity contribution in [3.05, 3.63) is 54.1 Å². The lowest BCUT2D eigenvalue weighted by atomic mass is 9.98. The summed E-state index contributed by atoms with van der Waals surface area (Å²) in [5, 5.41) is 17.3. The van der Waals surface area contributed by atoms with Crippen LogP contribution >= 0.6 is 0 Å². The average molecular weight is 544 g/mol. The number of primary amides is 1. The number of rotatable bonds is 16. The molecule has 4 amide bonds. The van der Waals surface area contributed by atoms with Gasteiger partial charge in [0.05, 0.1) is 12.4 Å². The van der Waals surface area contributed by atoms with Crippen molar-refractivity contribution in [1.29, 1.82) is 0 Å². The Morgan fingerprint density at radius 3 is 2.13 bits per heavy atom. The van der Waals surface area contributed by atoms with Gasteiger partial charge in [-0.1, -0.05) is 50.6 Å². The van der Waals surface area contributed by atoms with Gasteiger partial charge in [0.1, 0.15) is 18.1 Å². The lowest BCUT2D eigenvalue weighted by Crippen LogP contribution is -2.58. The first-order chi connectivity index (χ1) is 18.5. The van der Waals surface area contributed by atoms with Crippen LogP contribution in [0.4, 0.5) is 0 Å². The highest BCUT2D eigenvalue weighted by Crippen LogP contribution is 2.09. The third kappa shape index (κ3) is 10.2. The summed E-state index contributed by atoms with van der Waals surface area (Å²) in [7, 11) is 0. The quantitative estimate of drug-likeness (QED) is 0.144. The second-order valence-corrected chi connectivity index (χ2v) is 9.41. The highest BCUT2D eigenvalue weighted by molar-refractivity contribution is 5.94. The molecule has 1 aromatic heterocycles. The molecule has 9 N–H and O–H groups in total. The van der Waals surface area contributed by atoms with Crippen molar-refractivity contribution in [2.24, 2.45) is 17.4 Å². The predicted molar refractivity (Wildman–Crippen MR) is 142 cm³/mol. The summed E-state index contributed by atoms with van der Waals surface area (Å²) in [6.45, 7) is 3.67. The molecule has 0 bridgehead atoms. The van der Waals surface area contributed by atoms with Crippen molar-refractivity contribution in [2.75, 3.05) is 0 Å². The molecule has 1 aromatic carbocycles. The van der Waals surface area contributed by atoms with E-state index in [4.69, 9.17) is 11.5 Å². The summed E-state index contributed by atoms with van der Waals surface area (Å²) in [6.07, 6.45) is 3.14. The fraction of sp³-hybridized carbons (Fsp3) is 0.462. The molecule has 0 aliphatic heterocycles. The van der Waals surface area contributed by atoms with E-state index in [0.717, 1.165) is 0 Å². The minimum Gasteiger partial charge on any atom is -0.480 e. The lowest BCUT2D eigenvalue weighted by molar-refractivity contribution is -0.142. The van der Waals surface area contributed by atoms with E-state index in [1.807, 2.05) is 6.92 Å². The molecular formula is C26H37N7O6. The van der Waals surface area contributed by atoms with Gasteiger partial charge in [-0.15, -0.1) is 0 Å². The molecule has 13 heteroatoms. The zero-order valence-electron chi connectivity index (χ0n) is 22.1. The Morgan fingerprint density at radius 2 is 1.56 bits per heavy atom. The summed E-state index contributed by atoms with van der Waals surface area (Å²) in [5.74, 6) is -4.16. The second kappa shape index (κ2) is 15.2. The van der Waals surface area contributed by atoms with Gasteiger partial charge < -0.3 is 37.5 Å². The number of amides is 4. The number of aliphatic carboxylic acids is 1. The van der Waals surface area contributed by atoms with Crippen molar-refractivity contribution < 1.29 is 29.1 Å². The van der Waals surface area contributed by atoms with E-state index in [1.54, 1.807) is 37.3 Å². The van der Waals surface area contributed by atoms with Gasteiger partial charge in [-0.25, -0.2) is 9.78 Å². The number of carbonyl (C=O) groups is 5. The van der Waals surface area contributed by atoms with Crippen LogP contribution in [0.15, 0.2) is 42.9 Å². The van der Waals surface area contributed by atoms with Crippen LogP contribution in [-0.2, 0) is 36.8 Å². The van der Waals surface area contributed by atoms with E-state index in [2.05, 4.69) is 25.9 Å². The Balaban J connectivity index is 2.25. The van der Waals surface area contributed by atoms with Gasteiger partial charge in [-0.3, -0.25) is 19.2 Å². The summed E-state index contributed by atoms with van der Waals surface area (Å²) >= 11 is 0. The number of imidazole rings is 1. The molecule has 0 aliphatic rings. The highest BCUT2D eigenvalue weighted by atomic mass is 16.4. The molecule has 0 spiro atoms. The Labute approximate surface area is 226 Å². The summed E-state index contributed by atoms with van der Waals surface area (Å²) in [6, 6.07) is 4.23. The number of nitrogens with two attached hydrogens (primary N) is 2. The third-order valence-corrected chi connectivity index (χ3v) is 6.38. The Kier molecular flexibility index (Phi) is 12.1. The molecule has 39 heavy (non-hydrogen) atoms. The molecule has 0 saturated heterocycles. The fourth-order valence-corrected chi connectivity index (χ4v) is 3.76. The number of aromatic nitrogens is 2. The highest BCUT2D eigenvalue weighted by Gasteiger charge is 2.31. The van der Waals surface area contributed by atoms with Crippen molar-refractivity contribution in [3.63, 3.8) is 0 Å². The second-order valence-electron chi connectivity index (χ2n) is 9.41. The van der Waals surface area contributed by atoms with E-state index >= 15 is 0 Å². The van der Waals surface area contributed by atoms with E-state index in [0.29, 0.717) is 17.7 Å². The number of carbonyl (C=O) groups excluding carboxylic acids is 4. The molecule has 0 fully saturated rings. The molecular weight excluding hydrogens is 506 g/mol. The minimum atomic E-state index is -1.30. The smallest absolute Gasteiger partial charge is 0.326 e. The lowest BCUT2D eigenvalue weighted by Gasteiger charge is -2.26. The van der Waals surface area contributed by atoms with Crippen LogP contribution < -0.4 is 27.4 Å². The van der Waals surface area contributed by atoms with Crippen LogP contribution in [0.25, 0.3) is 0 Å². The van der Waals surface area contributed by atoms with E-state index in [9.17, 15) is 29.1 Å². The number of hydrogen-bond acceptors (Lipinski definition) is 7. The predicted octanol–water partition coefficient (Wildman–Crippen LogP) is -0.627. The van der Waals surface area contributed by atoms with Gasteiger partial charge in [-0.05, 0) is 17.9 Å². The van der Waals surface area contributed by atoms with Crippen molar-refractivity contribution in [2.45, 2.75) is 70.1 Å². The zero-order valence-corrected chi connectivity index (χ0v) is 22.1. The monoisotopic (exact) mass is 543 g/mol. The Morgan fingerprint density at radius 1 is 0.949 bits per heavy atom. The third-order valence-electron chi connectivity index (χ3n) is 6.38. The summed E-state index contributed by atoms with van der Waals surface area (Å²) < 4.78 is 0. The number of aromatic amines is 1. The van der Waals surface area contributed by atoms with Crippen molar-refractivity contribution in [3.8, 4) is 0 Å². The maximum Gasteiger partial charge on any atom is 0.326 e. The molecule has 2 rings (SSSR count). The first-order valence-corrected chi connectivity index (χ1v) is 12.7. The van der Waals surface area contributed by atoms with Gasteiger partial charge in [0.25, 0.3) is 0 Å². The van der Waals surface area contributed by atoms with Gasteiger partial charge in [0, 0.05) is 31.2 Å². The molecule has 0 saturated carbocycles. The standard InChI is InChI=1S/C26H37N7O6/c1-3-15(2)22(28)25(37)31-18(9-10-21(27)34)23(35)32-19(11-16-7-5-4-6-8-16)24(36)33-20(26(38)39)12-17-13-29-14-30-17/h4-8,13-15,18-20,22H,3,9-12,28H2,1-2H3,(H2,27,34)(H,29,30)(H,31,37)(H,32,35)(H,33,36)(H,38,39). The normalized spacial score (nSPS) is 14.7. The number of carboxylic acid groups (broad SMARTS) is 1. The summed E-state index contributed by atoms with van der Waals surface area (Å²) in [5.41, 5.74) is 12.5. The number of H-pyrrole nitrogens is 1. The molecule has 0 radical (unpaired) electrons. The molecule has 13 nitrogen and oxygen atoms in total. The van der Waals surface area contributed by atoms with Crippen LogP contribution in [0.1, 0.15) is 44.4 Å². The van der Waals surface area contributed by atoms with Crippen LogP contribution in [0, 0.1) is 5.92 Å². The van der Waals surface area contributed by atoms with Gasteiger partial charge >= 0.3 is 5.97 Å². The van der Waals surface area contributed by atoms with Crippen molar-refractivity contribution >= 4 is 29.6 Å². The number of nitrogens with one attached hydrogen (secondary N) is 4. The molecule has 0 aliphatic carbocycles. The topological polar surface area (TPSA) is 222 Å². The molecule has 212 valence electrons. The zero-order chi connectivity index (χ0) is 28.9. The Bertz CT molecular complexity index is 1110. The Hall–Kier alpha value is -4.26. The van der Waals surface area contributed by atoms with Crippen LogP contribution in [-0.4, -0.2) is 68.8 Å². The number of carboxylic acids is 1. The van der Waals surface area contributed by atoms with Crippen LogP contribution in [0.5, 0.6) is 0 Å². The molecule has 2 aromatic rings. The van der Waals surface area contributed by atoms with Crippen LogP contribution in [0.2, 0.25) is 0 Å². The van der Waals surface area contributed by atoms with E-state index in [1.165, 1.54) is 12.5 Å². The maximum absolute atomic E-state index is 13.3. The first kappa shape index (κ1) is 31.0. The van der Waals surface area contributed by atoms with E-state index in [-0.39, 0.29) is 31.6 Å². The fourth-order valence-electron chi connectivity index (χ4n) is 3.76. The largest absolute Gasteiger partial charge is 0.480 e. The number of hydrogen-bond donors (Lipinski definition) is 7. The SMILES string of the molecule is CCC(C)C(N)C(=O)NC(CCC(N)=O)C(=O)NC(Cc1ccccc1)C(=O)NC(Cc1cnc[nH]1)C(=O)O. The summed E-state index contributed by atoms with van der Waals surface area (Å²) in [4.78, 5) is 69.2. The van der Waals surface area contributed by atoms with Crippen LogP contribution in [0.3, 0.4) is 0 Å². The van der Waals surface area contributed by atoms with Gasteiger partial charge in [0.15, 0.2) is 0 Å². The number of benzene rings is 1. The number of nitrogens with zero attached hydrogens (tertiary/aromatic N) is 1. The first-order valence-electron chi connectivity index (χ1n) is 12.7. The van der Waals surface area contributed by atoms with Crippen molar-refractivity contribution in [1.82, 2.24) is 25.9 Å². The molecule has 1 heterocycles. The average Bonchev–Trinajstić information content (AvgIpc) is 3.42. The maximum atomic E-state index is 13.3. The van der Waals surface area contributed by atoms with Gasteiger partial charge in [-0.2, -0.15) is 0 Å². The molecule has 5 unspecified atom stereocenters. The minimum absolute atomic E-state index is 0.0394. The van der Waals surface area contributed by atoms with Gasteiger partial charge in [0.2, 0.25) is 23.6 Å².